The summed E-state index contributed by atoms with van der Waals surface area (Å²) in [6.45, 7) is -0.587. The Morgan fingerprint density at radius 3 is 2.30 bits per heavy atom. The van der Waals surface area contributed by atoms with Crippen molar-refractivity contribution < 1.29 is 19.2 Å². The number of nitrogens with zero attached hydrogens (tertiary/aromatic N) is 1. The number of hydrazine groups is 1. The van der Waals surface area contributed by atoms with E-state index in [0.717, 1.165) is 4.90 Å². The SMILES string of the molecule is O=C(CN1C(=O)c2ccccc2C1=O)NNC(=O)c1c[nH]c2ccc(Cl)cc2c1=O. The molecule has 3 N–H and O–H groups in total. The van der Waals surface area contributed by atoms with E-state index in [1.807, 2.05) is 0 Å². The average Bonchev–Trinajstić information content (AvgIpc) is 2.98. The summed E-state index contributed by atoms with van der Waals surface area (Å²) in [6.07, 6.45) is 1.21. The predicted octanol–water partition coefficient (Wildman–Crippen LogP) is 1.24. The monoisotopic (exact) mass is 424 g/mol. The highest BCUT2D eigenvalue weighted by Crippen LogP contribution is 2.21. The van der Waals surface area contributed by atoms with Gasteiger partial charge in [0, 0.05) is 22.1 Å². The number of aromatic amines is 1. The third-order valence-corrected chi connectivity index (χ3v) is 4.82. The van der Waals surface area contributed by atoms with E-state index in [9.17, 15) is 24.0 Å². The maximum atomic E-state index is 12.5. The van der Waals surface area contributed by atoms with Gasteiger partial charge in [-0.05, 0) is 30.3 Å². The highest BCUT2D eigenvalue weighted by Gasteiger charge is 2.36. The highest BCUT2D eigenvalue weighted by molar-refractivity contribution is 6.31. The molecule has 0 bridgehead atoms. The second-order valence-corrected chi connectivity index (χ2v) is 6.90. The molecular formula is C20H13ClN4O5. The Morgan fingerprint density at radius 1 is 0.967 bits per heavy atom. The van der Waals surface area contributed by atoms with Crippen molar-refractivity contribution in [1.82, 2.24) is 20.7 Å². The lowest BCUT2D eigenvalue weighted by atomic mass is 10.1. The minimum absolute atomic E-state index is 0.209. The van der Waals surface area contributed by atoms with E-state index in [1.165, 1.54) is 24.4 Å². The van der Waals surface area contributed by atoms with Gasteiger partial charge >= 0.3 is 0 Å². The molecule has 150 valence electrons. The lowest BCUT2D eigenvalue weighted by Gasteiger charge is -2.14. The molecule has 2 heterocycles. The first kappa shape index (κ1) is 19.3. The Bertz CT molecular complexity index is 1260. The number of benzene rings is 2. The minimum atomic E-state index is -0.867. The van der Waals surface area contributed by atoms with Crippen LogP contribution in [0.15, 0.2) is 53.5 Å². The first-order valence-electron chi connectivity index (χ1n) is 8.72. The third kappa shape index (κ3) is 3.31. The molecular weight excluding hydrogens is 412 g/mol. The molecule has 4 amide bonds. The van der Waals surface area contributed by atoms with Crippen molar-refractivity contribution in [2.24, 2.45) is 0 Å². The van der Waals surface area contributed by atoms with Crippen LogP contribution in [0.1, 0.15) is 31.1 Å². The van der Waals surface area contributed by atoms with Gasteiger partial charge < -0.3 is 4.98 Å². The van der Waals surface area contributed by atoms with Crippen molar-refractivity contribution in [3.8, 4) is 0 Å². The van der Waals surface area contributed by atoms with Gasteiger partial charge in [-0.25, -0.2) is 0 Å². The standard InChI is InChI=1S/C20H13ClN4O5/c21-10-5-6-15-13(7-10)17(27)14(8-22-15)18(28)24-23-16(26)9-25-19(29)11-3-1-2-4-12(11)20(25)30/h1-8H,9H2,(H,22,27)(H,23,26)(H,24,28). The van der Waals surface area contributed by atoms with Crippen LogP contribution in [0.4, 0.5) is 0 Å². The second-order valence-electron chi connectivity index (χ2n) is 6.47. The molecule has 0 aliphatic carbocycles. The molecule has 3 aromatic rings. The average molecular weight is 425 g/mol. The minimum Gasteiger partial charge on any atom is -0.360 e. The largest absolute Gasteiger partial charge is 0.360 e. The van der Waals surface area contributed by atoms with Gasteiger partial charge in [0.15, 0.2) is 0 Å². The molecule has 0 saturated heterocycles. The van der Waals surface area contributed by atoms with Gasteiger partial charge in [0.2, 0.25) is 5.43 Å². The maximum Gasteiger partial charge on any atom is 0.275 e. The van der Waals surface area contributed by atoms with Crippen molar-refractivity contribution in [3.05, 3.63) is 80.6 Å². The van der Waals surface area contributed by atoms with Gasteiger partial charge in [-0.1, -0.05) is 23.7 Å². The van der Waals surface area contributed by atoms with E-state index in [1.54, 1.807) is 24.3 Å². The summed E-state index contributed by atoms with van der Waals surface area (Å²) in [5.41, 5.74) is 4.30. The molecule has 0 spiro atoms. The number of amides is 4. The number of hydrogen-bond donors (Lipinski definition) is 3. The maximum absolute atomic E-state index is 12.5. The molecule has 30 heavy (non-hydrogen) atoms. The summed E-state index contributed by atoms with van der Waals surface area (Å²) >= 11 is 5.89. The summed E-state index contributed by atoms with van der Waals surface area (Å²) < 4.78 is 0. The van der Waals surface area contributed by atoms with Crippen molar-refractivity contribution in [1.29, 1.82) is 0 Å². The molecule has 1 aliphatic rings. The summed E-state index contributed by atoms with van der Waals surface area (Å²) in [5, 5.41) is 0.548. The zero-order valence-electron chi connectivity index (χ0n) is 15.2. The van der Waals surface area contributed by atoms with Crippen LogP contribution in [0.3, 0.4) is 0 Å². The van der Waals surface area contributed by atoms with Gasteiger partial charge in [0.05, 0.1) is 11.1 Å². The molecule has 1 aliphatic heterocycles. The van der Waals surface area contributed by atoms with E-state index in [4.69, 9.17) is 11.6 Å². The zero-order chi connectivity index (χ0) is 21.4. The second kappa shape index (κ2) is 7.45. The lowest BCUT2D eigenvalue weighted by molar-refractivity contribution is -0.122. The predicted molar refractivity (Wildman–Crippen MR) is 107 cm³/mol. The van der Waals surface area contributed by atoms with E-state index in [2.05, 4.69) is 15.8 Å². The Balaban J connectivity index is 1.44. The van der Waals surface area contributed by atoms with Crippen LogP contribution >= 0.6 is 11.6 Å². The van der Waals surface area contributed by atoms with E-state index in [0.29, 0.717) is 10.5 Å². The summed E-state index contributed by atoms with van der Waals surface area (Å²) in [4.78, 5) is 65.1. The van der Waals surface area contributed by atoms with Gasteiger partial charge in [0.1, 0.15) is 12.1 Å². The Morgan fingerprint density at radius 2 is 1.63 bits per heavy atom. The molecule has 0 atom stereocenters. The zero-order valence-corrected chi connectivity index (χ0v) is 15.9. The van der Waals surface area contributed by atoms with Crippen molar-refractivity contribution in [2.45, 2.75) is 0 Å². The molecule has 0 unspecified atom stereocenters. The number of pyridine rings is 1. The molecule has 0 fully saturated rings. The number of imide groups is 1. The van der Waals surface area contributed by atoms with Gasteiger partial charge in [-0.3, -0.25) is 39.7 Å². The van der Waals surface area contributed by atoms with Crippen LogP contribution in [0, 0.1) is 0 Å². The van der Waals surface area contributed by atoms with Crippen LogP contribution in [0.2, 0.25) is 5.02 Å². The quantitative estimate of drug-likeness (QED) is 0.430. The molecule has 0 radical (unpaired) electrons. The topological polar surface area (TPSA) is 128 Å². The van der Waals surface area contributed by atoms with Gasteiger partial charge in [-0.15, -0.1) is 0 Å². The van der Waals surface area contributed by atoms with Crippen molar-refractivity contribution in [3.63, 3.8) is 0 Å². The number of H-pyrrole nitrogens is 1. The van der Waals surface area contributed by atoms with Gasteiger partial charge in [0.25, 0.3) is 23.6 Å². The van der Waals surface area contributed by atoms with Crippen LogP contribution < -0.4 is 16.3 Å². The fourth-order valence-corrected chi connectivity index (χ4v) is 3.29. The summed E-state index contributed by atoms with van der Waals surface area (Å²) in [5.74, 6) is -2.87. The number of nitrogens with one attached hydrogen (secondary N) is 3. The lowest BCUT2D eigenvalue weighted by Crippen LogP contribution is -2.48. The summed E-state index contributed by atoms with van der Waals surface area (Å²) in [6, 6.07) is 10.8. The number of fused-ring (bicyclic) bond motifs is 2. The molecule has 4 rings (SSSR count). The molecule has 2 aromatic carbocycles. The number of hydrogen-bond acceptors (Lipinski definition) is 5. The molecule has 0 saturated carbocycles. The number of carbonyl (C=O) groups excluding carboxylic acids is 4. The van der Waals surface area contributed by atoms with Crippen LogP contribution in [0.5, 0.6) is 0 Å². The van der Waals surface area contributed by atoms with Gasteiger partial charge in [-0.2, -0.15) is 0 Å². The third-order valence-electron chi connectivity index (χ3n) is 4.58. The normalized spacial score (nSPS) is 12.8. The van der Waals surface area contributed by atoms with Crippen LogP contribution in [-0.4, -0.2) is 40.1 Å². The van der Waals surface area contributed by atoms with Crippen molar-refractivity contribution in [2.75, 3.05) is 6.54 Å². The van der Waals surface area contributed by atoms with E-state index in [-0.39, 0.29) is 22.1 Å². The van der Waals surface area contributed by atoms with Crippen molar-refractivity contribution >= 4 is 46.1 Å². The number of halogens is 1. The fourth-order valence-electron chi connectivity index (χ4n) is 3.12. The number of aromatic nitrogens is 1. The molecule has 10 heteroatoms. The molecule has 1 aromatic heterocycles. The highest BCUT2D eigenvalue weighted by atomic mass is 35.5. The Kier molecular flexibility index (Phi) is 4.80. The smallest absolute Gasteiger partial charge is 0.275 e. The first-order valence-corrected chi connectivity index (χ1v) is 9.10. The number of carbonyl (C=O) groups is 4. The summed E-state index contributed by atoms with van der Waals surface area (Å²) in [7, 11) is 0. The van der Waals surface area contributed by atoms with Crippen LogP contribution in [-0.2, 0) is 4.79 Å². The van der Waals surface area contributed by atoms with E-state index >= 15 is 0 Å². The Hall–Kier alpha value is -3.98. The first-order chi connectivity index (χ1) is 14.4. The molecule has 9 nitrogen and oxygen atoms in total. The Labute approximate surface area is 173 Å². The number of rotatable bonds is 3. The van der Waals surface area contributed by atoms with E-state index < -0.39 is 35.6 Å². The fraction of sp³-hybridized carbons (Fsp3) is 0.0500. The van der Waals surface area contributed by atoms with Crippen LogP contribution in [0.25, 0.3) is 10.9 Å².